The van der Waals surface area contributed by atoms with E-state index in [9.17, 15) is 0 Å². The van der Waals surface area contributed by atoms with E-state index >= 15 is 0 Å². The van der Waals surface area contributed by atoms with Crippen LogP contribution in [0.4, 0.5) is 0 Å². The van der Waals surface area contributed by atoms with Gasteiger partial charge in [0, 0.05) is 0 Å². The van der Waals surface area contributed by atoms with Crippen molar-refractivity contribution in [3.63, 3.8) is 0 Å². The summed E-state index contributed by atoms with van der Waals surface area (Å²) in [6.45, 7) is 6.86. The van der Waals surface area contributed by atoms with E-state index in [1.165, 1.54) is 38.8 Å². The Balaban J connectivity index is -0.000000107. The average molecular weight is 264 g/mol. The number of rotatable bonds is 6. The number of halogens is 2. The molecule has 4 heteroatoms. The Morgan fingerprint density at radius 2 is 1.17 bits per heavy atom. The van der Waals surface area contributed by atoms with Crippen LogP contribution >= 0.6 is 0 Å². The van der Waals surface area contributed by atoms with E-state index in [0.29, 0.717) is 0 Å². The minimum Gasteiger partial charge on any atom is -1.00 e. The first-order valence-corrected chi connectivity index (χ1v) is 4.12. The number of hydrogen-bond acceptors (Lipinski definition) is 1. The van der Waals surface area contributed by atoms with E-state index in [1.807, 2.05) is 0 Å². The molecule has 0 amide bonds. The molecule has 1 N–H and O–H groups in total. The summed E-state index contributed by atoms with van der Waals surface area (Å²) in [5.41, 5.74) is 0. The molecule has 0 rings (SSSR count). The van der Waals surface area contributed by atoms with Gasteiger partial charge in [-0.15, -0.1) is 0 Å². The van der Waals surface area contributed by atoms with Crippen molar-refractivity contribution in [1.29, 1.82) is 0 Å². The predicted molar refractivity (Wildman–Crippen MR) is 42.7 cm³/mol. The summed E-state index contributed by atoms with van der Waals surface area (Å²) in [5, 5.41) is 3.39. The van der Waals surface area contributed by atoms with E-state index in [0.717, 1.165) is 0 Å². The van der Waals surface area contributed by atoms with Crippen LogP contribution < -0.4 is 30.1 Å². The Labute approximate surface area is 99.7 Å². The third kappa shape index (κ3) is 22.5. The predicted octanol–water partition coefficient (Wildman–Crippen LogP) is -3.82. The topological polar surface area (TPSA) is 12.0 Å². The van der Waals surface area contributed by atoms with Crippen LogP contribution in [0.25, 0.3) is 0 Å². The van der Waals surface area contributed by atoms with Crippen molar-refractivity contribution >= 4 is 0 Å². The second-order valence-electron chi connectivity index (χ2n) is 2.46. The van der Waals surface area contributed by atoms with Crippen LogP contribution in [-0.4, -0.2) is 13.1 Å². The molecule has 0 atom stereocenters. The first-order chi connectivity index (χ1) is 4.41. The van der Waals surface area contributed by atoms with Gasteiger partial charge in [0.1, 0.15) is 0 Å². The van der Waals surface area contributed by atoms with Gasteiger partial charge in [-0.05, 0) is 25.9 Å². The van der Waals surface area contributed by atoms with E-state index in [2.05, 4.69) is 19.2 Å². The zero-order valence-electron chi connectivity index (χ0n) is 7.80. The van der Waals surface area contributed by atoms with Gasteiger partial charge in [0.05, 0.1) is 0 Å². The van der Waals surface area contributed by atoms with Gasteiger partial charge < -0.3 is 30.1 Å². The Kier molecular flexibility index (Phi) is 43.8. The van der Waals surface area contributed by atoms with E-state index in [4.69, 9.17) is 0 Å². The van der Waals surface area contributed by atoms with Gasteiger partial charge in [-0.1, -0.05) is 26.7 Å². The van der Waals surface area contributed by atoms with E-state index in [1.54, 1.807) is 0 Å². The second-order valence-corrected chi connectivity index (χ2v) is 2.46. The smallest absolute Gasteiger partial charge is 1.00 e. The van der Waals surface area contributed by atoms with Gasteiger partial charge in [0.15, 0.2) is 0 Å². The SMILES string of the molecule is CCCCNCCCC.[Cl-].[Cl-].[Cu+2]. The molecule has 0 aromatic rings. The van der Waals surface area contributed by atoms with Crippen molar-refractivity contribution in [3.05, 3.63) is 0 Å². The monoisotopic (exact) mass is 262 g/mol. The molecule has 0 spiro atoms. The molecular weight excluding hydrogens is 245 g/mol. The number of unbranched alkanes of at least 4 members (excludes halogenated alkanes) is 2. The van der Waals surface area contributed by atoms with Crippen LogP contribution in [0.3, 0.4) is 0 Å². The Hall–Kier alpha value is 1.06. The van der Waals surface area contributed by atoms with Gasteiger partial charge in [-0.3, -0.25) is 0 Å². The first-order valence-electron chi connectivity index (χ1n) is 4.12. The summed E-state index contributed by atoms with van der Waals surface area (Å²) in [4.78, 5) is 0. The zero-order chi connectivity index (χ0) is 6.95. The van der Waals surface area contributed by atoms with Crippen LogP contribution in [0.1, 0.15) is 39.5 Å². The minimum atomic E-state index is 0. The molecule has 0 saturated carbocycles. The van der Waals surface area contributed by atoms with Crippen LogP contribution in [0.15, 0.2) is 0 Å². The van der Waals surface area contributed by atoms with Crippen molar-refractivity contribution in [2.75, 3.05) is 13.1 Å². The third-order valence-electron chi connectivity index (χ3n) is 1.41. The molecule has 0 aliphatic carbocycles. The molecule has 0 aliphatic rings. The van der Waals surface area contributed by atoms with Crippen molar-refractivity contribution in [3.8, 4) is 0 Å². The van der Waals surface area contributed by atoms with Crippen molar-refractivity contribution in [1.82, 2.24) is 5.32 Å². The molecule has 0 bridgehead atoms. The summed E-state index contributed by atoms with van der Waals surface area (Å²) in [6.07, 6.45) is 5.26. The maximum absolute atomic E-state index is 3.39. The first kappa shape index (κ1) is 23.1. The molecule has 12 heavy (non-hydrogen) atoms. The van der Waals surface area contributed by atoms with Gasteiger partial charge in [0.25, 0.3) is 0 Å². The van der Waals surface area contributed by atoms with Crippen LogP contribution in [0, 0.1) is 0 Å². The average Bonchev–Trinajstić information content (AvgIpc) is 1.89. The quantitative estimate of drug-likeness (QED) is 0.383. The third-order valence-corrected chi connectivity index (χ3v) is 1.41. The minimum absolute atomic E-state index is 0. The van der Waals surface area contributed by atoms with Gasteiger partial charge in [-0.2, -0.15) is 0 Å². The summed E-state index contributed by atoms with van der Waals surface area (Å²) >= 11 is 0. The second kappa shape index (κ2) is 22.7. The Bertz CT molecular complexity index is 50.3. The van der Waals surface area contributed by atoms with Crippen molar-refractivity contribution in [2.24, 2.45) is 0 Å². The molecule has 0 fully saturated rings. The van der Waals surface area contributed by atoms with Gasteiger partial charge >= 0.3 is 17.1 Å². The molecule has 0 aromatic carbocycles. The molecule has 0 heterocycles. The maximum atomic E-state index is 3.39. The fourth-order valence-corrected chi connectivity index (χ4v) is 0.729. The molecule has 0 saturated heterocycles. The largest absolute Gasteiger partial charge is 2.00 e. The van der Waals surface area contributed by atoms with Crippen molar-refractivity contribution < 1.29 is 41.9 Å². The molecule has 0 aromatic heterocycles. The number of nitrogens with one attached hydrogen (secondary N) is 1. The maximum Gasteiger partial charge on any atom is 2.00 e. The summed E-state index contributed by atoms with van der Waals surface area (Å²) in [7, 11) is 0. The fraction of sp³-hybridized carbons (Fsp3) is 1.00. The van der Waals surface area contributed by atoms with Crippen LogP contribution in [0.2, 0.25) is 0 Å². The van der Waals surface area contributed by atoms with Gasteiger partial charge in [0.2, 0.25) is 0 Å². The fourth-order valence-electron chi connectivity index (χ4n) is 0.729. The standard InChI is InChI=1S/C8H19N.2ClH.Cu/c1-3-5-7-9-8-6-4-2;;;/h9H,3-8H2,1-2H3;2*1H;/q;;;+2/p-2. The van der Waals surface area contributed by atoms with Gasteiger partial charge in [-0.25, -0.2) is 0 Å². The molecule has 1 nitrogen and oxygen atoms in total. The van der Waals surface area contributed by atoms with Crippen LogP contribution in [-0.2, 0) is 17.1 Å². The summed E-state index contributed by atoms with van der Waals surface area (Å²) < 4.78 is 0. The molecule has 81 valence electrons. The van der Waals surface area contributed by atoms with E-state index in [-0.39, 0.29) is 41.9 Å². The van der Waals surface area contributed by atoms with Crippen LogP contribution in [0.5, 0.6) is 0 Å². The molecule has 0 aliphatic heterocycles. The Morgan fingerprint density at radius 1 is 0.833 bits per heavy atom. The summed E-state index contributed by atoms with van der Waals surface area (Å²) in [6, 6.07) is 0. The number of hydrogen-bond donors (Lipinski definition) is 1. The van der Waals surface area contributed by atoms with Crippen molar-refractivity contribution in [2.45, 2.75) is 39.5 Å². The molecule has 0 unspecified atom stereocenters. The van der Waals surface area contributed by atoms with E-state index < -0.39 is 0 Å². The molecular formula is C8H19Cl2CuN. The Morgan fingerprint density at radius 3 is 1.42 bits per heavy atom. The zero-order valence-corrected chi connectivity index (χ0v) is 10.3. The summed E-state index contributed by atoms with van der Waals surface area (Å²) in [5.74, 6) is 0. The molecule has 1 radical (unpaired) electrons. The normalized spacial score (nSPS) is 7.50.